The molecule has 3 heterocycles. The van der Waals surface area contributed by atoms with Crippen LogP contribution in [0.25, 0.3) is 0 Å². The normalized spacial score (nSPS) is 22.2. The highest BCUT2D eigenvalue weighted by Crippen LogP contribution is 2.40. The highest BCUT2D eigenvalue weighted by Gasteiger charge is 2.37. The van der Waals surface area contributed by atoms with Gasteiger partial charge in [-0.3, -0.25) is 4.79 Å². The molecule has 162 valence electrons. The number of hydrogen-bond acceptors (Lipinski definition) is 5. The Morgan fingerprint density at radius 1 is 1.23 bits per heavy atom. The minimum Gasteiger partial charge on any atom is -0.487 e. The zero-order valence-electron chi connectivity index (χ0n) is 17.6. The largest absolute Gasteiger partial charge is 0.487 e. The average molecular weight is 449 g/mol. The molecule has 1 saturated heterocycles. The fraction of sp³-hybridized carbons (Fsp3) is 0.500. The molecule has 0 saturated carbocycles. The number of hydrogen-bond donors (Lipinski definition) is 1. The third-order valence-electron chi connectivity index (χ3n) is 5.85. The van der Waals surface area contributed by atoms with Crippen LogP contribution in [0.5, 0.6) is 5.75 Å². The van der Waals surface area contributed by atoms with Gasteiger partial charge >= 0.3 is 0 Å². The second-order valence-corrected chi connectivity index (χ2v) is 11.9. The first-order chi connectivity index (χ1) is 14.2. The van der Waals surface area contributed by atoms with Crippen LogP contribution in [0.1, 0.15) is 50.3 Å². The van der Waals surface area contributed by atoms with E-state index in [9.17, 15) is 13.2 Å². The summed E-state index contributed by atoms with van der Waals surface area (Å²) in [6.07, 6.45) is 1.76. The van der Waals surface area contributed by atoms with Crippen LogP contribution >= 0.6 is 11.3 Å². The van der Waals surface area contributed by atoms with Crippen molar-refractivity contribution in [2.24, 2.45) is 5.92 Å². The number of nitrogens with zero attached hydrogens (tertiary/aromatic N) is 1. The Kier molecular flexibility index (Phi) is 5.67. The molecular weight excluding hydrogens is 420 g/mol. The molecule has 2 aliphatic rings. The first-order valence-electron chi connectivity index (χ1n) is 10.3. The minimum atomic E-state index is -3.45. The smallest absolute Gasteiger partial charge is 0.252 e. The summed E-state index contributed by atoms with van der Waals surface area (Å²) in [6, 6.07) is 9.33. The highest BCUT2D eigenvalue weighted by molar-refractivity contribution is 7.91. The standard InChI is InChI=1S/C22H28N2O4S2/c1-15-6-7-19-17(13-15)18(14-22(2,3)28-19)23-21(25)16-8-10-24(11-9-16)30(26,27)20-5-4-12-29-20/h4-7,12-13,16,18H,8-11,14H2,1-3H3,(H,23,25)/t18-/m0/s1. The van der Waals surface area contributed by atoms with E-state index in [-0.39, 0.29) is 23.5 Å². The van der Waals surface area contributed by atoms with Crippen LogP contribution in [0.15, 0.2) is 39.9 Å². The molecule has 1 aromatic carbocycles. The maximum Gasteiger partial charge on any atom is 0.252 e. The highest BCUT2D eigenvalue weighted by atomic mass is 32.2. The molecule has 0 radical (unpaired) electrons. The summed E-state index contributed by atoms with van der Waals surface area (Å²) in [7, 11) is -3.45. The Hall–Kier alpha value is -1.90. The number of thiophene rings is 1. The van der Waals surface area contributed by atoms with Crippen molar-refractivity contribution in [3.63, 3.8) is 0 Å². The van der Waals surface area contributed by atoms with Gasteiger partial charge in [0.25, 0.3) is 10.0 Å². The number of amides is 1. The van der Waals surface area contributed by atoms with Gasteiger partial charge in [0.1, 0.15) is 15.6 Å². The topological polar surface area (TPSA) is 75.7 Å². The van der Waals surface area contributed by atoms with Gasteiger partial charge in [-0.2, -0.15) is 4.31 Å². The van der Waals surface area contributed by atoms with Crippen molar-refractivity contribution in [2.45, 2.75) is 55.9 Å². The quantitative estimate of drug-likeness (QED) is 0.770. The van der Waals surface area contributed by atoms with Crippen LogP contribution in [-0.2, 0) is 14.8 Å². The Morgan fingerprint density at radius 3 is 2.63 bits per heavy atom. The monoisotopic (exact) mass is 448 g/mol. The van der Waals surface area contributed by atoms with Crippen LogP contribution in [-0.4, -0.2) is 37.3 Å². The predicted octanol–water partition coefficient (Wildman–Crippen LogP) is 3.88. The average Bonchev–Trinajstić information content (AvgIpc) is 3.24. The zero-order chi connectivity index (χ0) is 21.5. The second kappa shape index (κ2) is 7.98. The molecule has 8 heteroatoms. The van der Waals surface area contributed by atoms with Gasteiger partial charge in [0.2, 0.25) is 5.91 Å². The summed E-state index contributed by atoms with van der Waals surface area (Å²) in [4.78, 5) is 13.0. The number of rotatable bonds is 4. The third kappa shape index (κ3) is 4.26. The summed E-state index contributed by atoms with van der Waals surface area (Å²) in [5.41, 5.74) is 1.78. The Balaban J connectivity index is 1.43. The van der Waals surface area contributed by atoms with E-state index in [4.69, 9.17) is 4.74 Å². The maximum absolute atomic E-state index is 13.0. The first-order valence-corrected chi connectivity index (χ1v) is 12.6. The molecular formula is C22H28N2O4S2. The molecule has 1 fully saturated rings. The van der Waals surface area contributed by atoms with E-state index < -0.39 is 10.0 Å². The summed E-state index contributed by atoms with van der Waals surface area (Å²) in [5, 5.41) is 4.99. The lowest BCUT2D eigenvalue weighted by Crippen LogP contribution is -2.46. The van der Waals surface area contributed by atoms with E-state index in [1.807, 2.05) is 32.9 Å². The third-order valence-corrected chi connectivity index (χ3v) is 9.12. The summed E-state index contributed by atoms with van der Waals surface area (Å²) in [5.74, 6) is 0.636. The van der Waals surface area contributed by atoms with Gasteiger partial charge in [-0.05, 0) is 51.1 Å². The molecule has 0 spiro atoms. The fourth-order valence-corrected chi connectivity index (χ4v) is 6.90. The lowest BCUT2D eigenvalue weighted by molar-refractivity contribution is -0.127. The molecule has 30 heavy (non-hydrogen) atoms. The van der Waals surface area contributed by atoms with Crippen molar-refractivity contribution < 1.29 is 17.9 Å². The van der Waals surface area contributed by atoms with E-state index in [0.717, 1.165) is 16.9 Å². The van der Waals surface area contributed by atoms with Gasteiger partial charge in [-0.25, -0.2) is 8.42 Å². The summed E-state index contributed by atoms with van der Waals surface area (Å²) < 4.78 is 33.4. The molecule has 1 atom stereocenters. The molecule has 2 aromatic rings. The van der Waals surface area contributed by atoms with Crippen molar-refractivity contribution in [3.05, 3.63) is 46.8 Å². The number of sulfonamides is 1. The number of benzene rings is 1. The molecule has 1 amide bonds. The molecule has 0 bridgehead atoms. The molecule has 2 aliphatic heterocycles. The van der Waals surface area contributed by atoms with Crippen molar-refractivity contribution in [3.8, 4) is 5.75 Å². The van der Waals surface area contributed by atoms with Crippen LogP contribution in [0.3, 0.4) is 0 Å². The first kappa shape index (κ1) is 21.3. The van der Waals surface area contributed by atoms with Gasteiger partial charge < -0.3 is 10.1 Å². The number of ether oxygens (including phenoxy) is 1. The van der Waals surface area contributed by atoms with E-state index in [0.29, 0.717) is 36.6 Å². The van der Waals surface area contributed by atoms with Crippen molar-refractivity contribution >= 4 is 27.3 Å². The van der Waals surface area contributed by atoms with E-state index in [1.165, 1.54) is 15.6 Å². The van der Waals surface area contributed by atoms with Crippen LogP contribution < -0.4 is 10.1 Å². The van der Waals surface area contributed by atoms with E-state index >= 15 is 0 Å². The number of aryl methyl sites for hydroxylation is 1. The Bertz CT molecular complexity index is 1020. The van der Waals surface area contributed by atoms with Crippen molar-refractivity contribution in [2.75, 3.05) is 13.1 Å². The van der Waals surface area contributed by atoms with E-state index in [2.05, 4.69) is 11.4 Å². The zero-order valence-corrected chi connectivity index (χ0v) is 19.2. The van der Waals surface area contributed by atoms with Gasteiger partial charge in [-0.1, -0.05) is 23.8 Å². The molecule has 1 N–H and O–H groups in total. The van der Waals surface area contributed by atoms with Gasteiger partial charge in [0.15, 0.2) is 0 Å². The fourth-order valence-electron chi connectivity index (χ4n) is 4.29. The second-order valence-electron chi connectivity index (χ2n) is 8.78. The molecule has 6 nitrogen and oxygen atoms in total. The SMILES string of the molecule is Cc1ccc2c(c1)[C@@H](NC(=O)C1CCN(S(=O)(=O)c3cccs3)CC1)CC(C)(C)O2. The maximum atomic E-state index is 13.0. The van der Waals surface area contributed by atoms with Crippen LogP contribution in [0, 0.1) is 12.8 Å². The number of carbonyl (C=O) groups excluding carboxylic acids is 1. The Labute approximate surface area is 182 Å². The number of fused-ring (bicyclic) bond motifs is 1. The summed E-state index contributed by atoms with van der Waals surface area (Å²) >= 11 is 1.23. The molecule has 4 rings (SSSR count). The molecule has 0 aliphatic carbocycles. The lowest BCUT2D eigenvalue weighted by Gasteiger charge is -2.39. The van der Waals surface area contributed by atoms with Crippen LogP contribution in [0.2, 0.25) is 0 Å². The summed E-state index contributed by atoms with van der Waals surface area (Å²) in [6.45, 7) is 6.83. The van der Waals surface area contributed by atoms with Gasteiger partial charge in [0.05, 0.1) is 6.04 Å². The molecule has 0 unspecified atom stereocenters. The number of piperidine rings is 1. The number of carbonyl (C=O) groups is 1. The van der Waals surface area contributed by atoms with Crippen molar-refractivity contribution in [1.82, 2.24) is 9.62 Å². The number of nitrogens with one attached hydrogen (secondary N) is 1. The predicted molar refractivity (Wildman–Crippen MR) is 117 cm³/mol. The molecule has 1 aromatic heterocycles. The Morgan fingerprint density at radius 2 is 1.97 bits per heavy atom. The van der Waals surface area contributed by atoms with Gasteiger partial charge in [0, 0.05) is 31.0 Å². The van der Waals surface area contributed by atoms with Gasteiger partial charge in [-0.15, -0.1) is 11.3 Å². The van der Waals surface area contributed by atoms with E-state index in [1.54, 1.807) is 17.5 Å². The lowest BCUT2D eigenvalue weighted by atomic mass is 9.88. The van der Waals surface area contributed by atoms with Crippen molar-refractivity contribution in [1.29, 1.82) is 0 Å². The minimum absolute atomic E-state index is 0.00155. The van der Waals surface area contributed by atoms with Crippen LogP contribution in [0.4, 0.5) is 0 Å².